The van der Waals surface area contributed by atoms with Gasteiger partial charge in [-0.1, -0.05) is 12.1 Å². The van der Waals surface area contributed by atoms with Crippen LogP contribution in [0.3, 0.4) is 0 Å². The maximum Gasteiger partial charge on any atom is 0.224 e. The highest BCUT2D eigenvalue weighted by Gasteiger charge is 2.08. The van der Waals surface area contributed by atoms with Crippen molar-refractivity contribution in [1.82, 2.24) is 10.7 Å². The van der Waals surface area contributed by atoms with Crippen LogP contribution in [0.25, 0.3) is 0 Å². The maximum atomic E-state index is 12.1. The first-order chi connectivity index (χ1) is 16.1. The number of anilines is 1. The van der Waals surface area contributed by atoms with E-state index in [1.807, 2.05) is 25.1 Å². The van der Waals surface area contributed by atoms with Gasteiger partial charge in [0.1, 0.15) is 0 Å². The monoisotopic (exact) mass is 465 g/mol. The Hall–Kier alpha value is -2.53. The van der Waals surface area contributed by atoms with Gasteiger partial charge in [0.2, 0.25) is 11.8 Å². The van der Waals surface area contributed by atoms with Gasteiger partial charge < -0.3 is 36.0 Å². The van der Waals surface area contributed by atoms with Gasteiger partial charge in [0.05, 0.1) is 32.1 Å². The molecule has 0 aromatic heterocycles. The van der Waals surface area contributed by atoms with Gasteiger partial charge >= 0.3 is 0 Å². The number of amides is 2. The van der Waals surface area contributed by atoms with E-state index in [1.54, 1.807) is 13.1 Å². The predicted octanol–water partition coefficient (Wildman–Crippen LogP) is 1.25. The van der Waals surface area contributed by atoms with E-state index >= 15 is 0 Å². The Morgan fingerprint density at radius 2 is 1.58 bits per heavy atom. The molecule has 0 aliphatic heterocycles. The van der Waals surface area contributed by atoms with Crippen LogP contribution < -0.4 is 21.8 Å². The molecule has 0 saturated carbocycles. The molecule has 0 aliphatic carbocycles. The molecule has 0 atom stereocenters. The molecule has 10 heteroatoms. The van der Waals surface area contributed by atoms with Crippen LogP contribution in [0.5, 0.6) is 0 Å². The largest absolute Gasteiger partial charge is 0.379 e. The Morgan fingerprint density at radius 3 is 2.24 bits per heavy atom. The smallest absolute Gasteiger partial charge is 0.224 e. The van der Waals surface area contributed by atoms with Gasteiger partial charge in [-0.3, -0.25) is 9.59 Å². The molecule has 0 unspecified atom stereocenters. The Labute approximate surface area is 196 Å². The standard InChI is InChI=1S/C23H39N5O5/c1-19(28-25-2)20-6-3-7-21(18-20)27-23(30)9-8-22(29)26-11-5-13-32-15-17-33-16-14-31-12-4-10-24/h3,6-7,18,25H,4-5,8-17,24H2,1-2H3,(H,26,29)(H,27,30)/b28-19+. The zero-order chi connectivity index (χ0) is 24.2. The van der Waals surface area contributed by atoms with Crippen molar-refractivity contribution in [3.05, 3.63) is 29.8 Å². The average Bonchev–Trinajstić information content (AvgIpc) is 2.81. The molecule has 0 aliphatic rings. The summed E-state index contributed by atoms with van der Waals surface area (Å²) >= 11 is 0. The van der Waals surface area contributed by atoms with E-state index in [9.17, 15) is 9.59 Å². The van der Waals surface area contributed by atoms with Crippen molar-refractivity contribution >= 4 is 23.2 Å². The maximum absolute atomic E-state index is 12.1. The van der Waals surface area contributed by atoms with E-state index in [0.29, 0.717) is 64.8 Å². The predicted molar refractivity (Wildman–Crippen MR) is 129 cm³/mol. The second kappa shape index (κ2) is 19.0. The molecular weight excluding hydrogens is 426 g/mol. The molecule has 33 heavy (non-hydrogen) atoms. The lowest BCUT2D eigenvalue weighted by molar-refractivity contribution is -0.124. The third-order valence-electron chi connectivity index (χ3n) is 4.45. The first-order valence-electron chi connectivity index (χ1n) is 11.4. The fraction of sp³-hybridized carbons (Fsp3) is 0.609. The highest BCUT2D eigenvalue weighted by atomic mass is 16.5. The lowest BCUT2D eigenvalue weighted by atomic mass is 10.1. The molecule has 0 fully saturated rings. The summed E-state index contributed by atoms with van der Waals surface area (Å²) in [6, 6.07) is 7.41. The van der Waals surface area contributed by atoms with Gasteiger partial charge in [-0.25, -0.2) is 0 Å². The zero-order valence-corrected chi connectivity index (χ0v) is 19.9. The highest BCUT2D eigenvalue weighted by Crippen LogP contribution is 2.12. The molecule has 5 N–H and O–H groups in total. The average molecular weight is 466 g/mol. The second-order valence-corrected chi connectivity index (χ2v) is 7.23. The van der Waals surface area contributed by atoms with E-state index in [2.05, 4.69) is 21.2 Å². The van der Waals surface area contributed by atoms with Crippen molar-refractivity contribution in [3.63, 3.8) is 0 Å². The fourth-order valence-electron chi connectivity index (χ4n) is 2.72. The van der Waals surface area contributed by atoms with Crippen LogP contribution in [0.15, 0.2) is 29.4 Å². The molecule has 1 aromatic rings. The Bertz CT molecular complexity index is 714. The SMILES string of the molecule is CN/N=C(\C)c1cccc(NC(=O)CCC(=O)NCCCOCCOCCOCCCN)c1. The van der Waals surface area contributed by atoms with E-state index in [0.717, 1.165) is 17.7 Å². The van der Waals surface area contributed by atoms with E-state index in [4.69, 9.17) is 19.9 Å². The zero-order valence-electron chi connectivity index (χ0n) is 19.9. The van der Waals surface area contributed by atoms with Gasteiger partial charge in [-0.05, 0) is 44.0 Å². The Morgan fingerprint density at radius 1 is 0.939 bits per heavy atom. The van der Waals surface area contributed by atoms with Crippen LogP contribution in [0.1, 0.15) is 38.2 Å². The van der Waals surface area contributed by atoms with Gasteiger partial charge in [0.15, 0.2) is 0 Å². The number of carbonyl (C=O) groups is 2. The minimum atomic E-state index is -0.210. The Kier molecular flexibility index (Phi) is 16.4. The fourth-order valence-corrected chi connectivity index (χ4v) is 2.72. The molecule has 0 radical (unpaired) electrons. The van der Waals surface area contributed by atoms with Crippen molar-refractivity contribution in [2.24, 2.45) is 10.8 Å². The summed E-state index contributed by atoms with van der Waals surface area (Å²) in [4.78, 5) is 24.1. The summed E-state index contributed by atoms with van der Waals surface area (Å²) in [5, 5.41) is 9.74. The van der Waals surface area contributed by atoms with Gasteiger partial charge in [0, 0.05) is 45.3 Å². The van der Waals surface area contributed by atoms with Crippen LogP contribution in [-0.4, -0.2) is 77.3 Å². The second-order valence-electron chi connectivity index (χ2n) is 7.23. The molecule has 0 heterocycles. The molecule has 186 valence electrons. The summed E-state index contributed by atoms with van der Waals surface area (Å²) in [5.74, 6) is -0.368. The highest BCUT2D eigenvalue weighted by molar-refractivity contribution is 6.00. The third-order valence-corrected chi connectivity index (χ3v) is 4.45. The number of hydrogen-bond donors (Lipinski definition) is 4. The number of hydrazone groups is 1. The van der Waals surface area contributed by atoms with Crippen LogP contribution in [0.4, 0.5) is 5.69 Å². The van der Waals surface area contributed by atoms with Crippen LogP contribution in [-0.2, 0) is 23.8 Å². The van der Waals surface area contributed by atoms with Crippen molar-refractivity contribution in [1.29, 1.82) is 0 Å². The number of nitrogens with two attached hydrogens (primary N) is 1. The van der Waals surface area contributed by atoms with Crippen molar-refractivity contribution < 1.29 is 23.8 Å². The number of nitrogens with one attached hydrogen (secondary N) is 3. The summed E-state index contributed by atoms with van der Waals surface area (Å²) in [6.45, 7) is 6.30. The quantitative estimate of drug-likeness (QED) is 0.137. The van der Waals surface area contributed by atoms with Crippen molar-refractivity contribution in [2.45, 2.75) is 32.6 Å². The first-order valence-corrected chi connectivity index (χ1v) is 11.4. The van der Waals surface area contributed by atoms with Gasteiger partial charge in [0.25, 0.3) is 0 Å². The molecule has 0 saturated heterocycles. The molecule has 2 amide bonds. The van der Waals surface area contributed by atoms with E-state index in [-0.39, 0.29) is 24.7 Å². The normalized spacial score (nSPS) is 11.3. The van der Waals surface area contributed by atoms with Crippen molar-refractivity contribution in [3.8, 4) is 0 Å². The molecule has 10 nitrogen and oxygen atoms in total. The number of benzene rings is 1. The van der Waals surface area contributed by atoms with Crippen LogP contribution >= 0.6 is 0 Å². The first kappa shape index (κ1) is 28.5. The number of hydrogen-bond acceptors (Lipinski definition) is 8. The lowest BCUT2D eigenvalue weighted by Gasteiger charge is -2.09. The third kappa shape index (κ3) is 15.0. The molecule has 1 aromatic carbocycles. The van der Waals surface area contributed by atoms with E-state index in [1.165, 1.54) is 0 Å². The Balaban J connectivity index is 2.04. The number of ether oxygens (including phenoxy) is 3. The molecule has 1 rings (SSSR count). The number of rotatable bonds is 19. The summed E-state index contributed by atoms with van der Waals surface area (Å²) in [5.41, 5.74) is 10.5. The lowest BCUT2D eigenvalue weighted by Crippen LogP contribution is -2.26. The van der Waals surface area contributed by atoms with Crippen LogP contribution in [0, 0.1) is 0 Å². The van der Waals surface area contributed by atoms with Crippen LogP contribution in [0.2, 0.25) is 0 Å². The molecule has 0 bridgehead atoms. The summed E-state index contributed by atoms with van der Waals surface area (Å²) in [7, 11) is 1.73. The minimum absolute atomic E-state index is 0.115. The topological polar surface area (TPSA) is 136 Å². The molecule has 0 spiro atoms. The van der Waals surface area contributed by atoms with E-state index < -0.39 is 0 Å². The number of nitrogens with zero attached hydrogens (tertiary/aromatic N) is 1. The summed E-state index contributed by atoms with van der Waals surface area (Å²) in [6.07, 6.45) is 1.80. The summed E-state index contributed by atoms with van der Waals surface area (Å²) < 4.78 is 16.2. The number of carbonyl (C=O) groups excluding carboxylic acids is 2. The molecular formula is C23H39N5O5. The van der Waals surface area contributed by atoms with Crippen molar-refractivity contribution in [2.75, 3.05) is 65.1 Å². The van der Waals surface area contributed by atoms with Gasteiger partial charge in [-0.15, -0.1) is 0 Å². The minimum Gasteiger partial charge on any atom is -0.379 e. The van der Waals surface area contributed by atoms with Gasteiger partial charge in [-0.2, -0.15) is 5.10 Å².